The topological polar surface area (TPSA) is 83.6 Å². The highest BCUT2D eigenvalue weighted by Crippen LogP contribution is 2.21. The Bertz CT molecular complexity index is 854. The molecule has 2 rings (SSSR count). The van der Waals surface area contributed by atoms with Crippen LogP contribution >= 0.6 is 11.3 Å². The summed E-state index contributed by atoms with van der Waals surface area (Å²) in [7, 11) is 0. The van der Waals surface area contributed by atoms with Crippen LogP contribution in [0.4, 0.5) is 5.13 Å². The van der Waals surface area contributed by atoms with Crippen molar-refractivity contribution in [1.29, 1.82) is 5.26 Å². The van der Waals surface area contributed by atoms with Crippen molar-refractivity contribution in [2.75, 3.05) is 5.32 Å². The van der Waals surface area contributed by atoms with Crippen molar-refractivity contribution >= 4 is 28.5 Å². The third-order valence-electron chi connectivity index (χ3n) is 4.00. The lowest BCUT2D eigenvalue weighted by Gasteiger charge is -2.07. The molecule has 2 aromatic rings. The number of carbonyl (C=O) groups is 1. The molecule has 2 aromatic heterocycles. The summed E-state index contributed by atoms with van der Waals surface area (Å²) < 4.78 is 2.20. The Morgan fingerprint density at radius 2 is 2.15 bits per heavy atom. The lowest BCUT2D eigenvalue weighted by molar-refractivity contribution is -0.112. The van der Waals surface area contributed by atoms with E-state index in [0.717, 1.165) is 41.3 Å². The number of nitrogens with one attached hydrogen (secondary N) is 1. The van der Waals surface area contributed by atoms with Gasteiger partial charge < -0.3 is 4.57 Å². The van der Waals surface area contributed by atoms with Crippen LogP contribution in [0.25, 0.3) is 6.08 Å². The molecule has 0 aliphatic heterocycles. The average Bonchev–Trinajstić information content (AvgIpc) is 3.11. The Balaban J connectivity index is 2.19. The van der Waals surface area contributed by atoms with Crippen LogP contribution in [0.2, 0.25) is 0 Å². The van der Waals surface area contributed by atoms with Gasteiger partial charge in [-0.1, -0.05) is 32.1 Å². The molecule has 0 saturated carbocycles. The predicted molar refractivity (Wildman–Crippen MR) is 105 cm³/mol. The van der Waals surface area contributed by atoms with Crippen molar-refractivity contribution in [2.45, 2.75) is 54.0 Å². The first-order valence-corrected chi connectivity index (χ1v) is 9.59. The quantitative estimate of drug-likeness (QED) is 0.586. The first-order valence-electron chi connectivity index (χ1n) is 8.77. The minimum absolute atomic E-state index is 0.0577. The molecule has 0 unspecified atom stereocenters. The Hall–Kier alpha value is -2.46. The van der Waals surface area contributed by atoms with E-state index >= 15 is 0 Å². The third-order valence-corrected chi connectivity index (χ3v) is 4.86. The van der Waals surface area contributed by atoms with E-state index in [4.69, 9.17) is 0 Å². The molecule has 0 radical (unpaired) electrons. The van der Waals surface area contributed by atoms with Gasteiger partial charge in [0.2, 0.25) is 5.13 Å². The molecule has 7 heteroatoms. The number of hydrogen-bond donors (Lipinski definition) is 1. The van der Waals surface area contributed by atoms with Gasteiger partial charge in [-0.2, -0.15) is 5.26 Å². The molecular weight excluding hydrogens is 346 g/mol. The lowest BCUT2D eigenvalue weighted by atomic mass is 10.1. The van der Waals surface area contributed by atoms with E-state index < -0.39 is 5.91 Å². The zero-order valence-electron chi connectivity index (χ0n) is 16.0. The van der Waals surface area contributed by atoms with Crippen LogP contribution < -0.4 is 5.32 Å². The van der Waals surface area contributed by atoms with Gasteiger partial charge in [0.15, 0.2) is 0 Å². The molecular formula is C19H25N5OS. The second kappa shape index (κ2) is 8.77. The summed E-state index contributed by atoms with van der Waals surface area (Å²) in [5, 5.41) is 21.5. The summed E-state index contributed by atoms with van der Waals surface area (Å²) >= 11 is 1.35. The molecule has 0 bridgehead atoms. The van der Waals surface area contributed by atoms with Gasteiger partial charge in [0.1, 0.15) is 16.6 Å². The standard InChI is InChI=1S/C19H25N5OS/c1-6-7-24-13(4)9-15(14(24)5)10-16(11-20)18(25)21-19-23-22-17(26-19)8-12(2)3/h9-10,12H,6-8H2,1-5H3,(H,21,23,25)/b16-10-. The first kappa shape index (κ1) is 19.9. The Morgan fingerprint density at radius 3 is 2.77 bits per heavy atom. The fraction of sp³-hybridized carbons (Fsp3) is 0.474. The third kappa shape index (κ3) is 4.79. The number of rotatable bonds is 7. The van der Waals surface area contributed by atoms with Crippen LogP contribution in [-0.2, 0) is 17.8 Å². The lowest BCUT2D eigenvalue weighted by Crippen LogP contribution is -2.13. The maximum atomic E-state index is 12.4. The second-order valence-electron chi connectivity index (χ2n) is 6.70. The fourth-order valence-corrected chi connectivity index (χ4v) is 3.69. The number of amides is 1. The van der Waals surface area contributed by atoms with Gasteiger partial charge >= 0.3 is 0 Å². The van der Waals surface area contributed by atoms with Crippen molar-refractivity contribution in [1.82, 2.24) is 14.8 Å². The molecule has 0 aromatic carbocycles. The summed E-state index contributed by atoms with van der Waals surface area (Å²) in [6, 6.07) is 4.00. The SMILES string of the molecule is CCCn1c(C)cc(/C=C(/C#N)C(=O)Nc2nnc(CC(C)C)s2)c1C. The van der Waals surface area contributed by atoms with Gasteiger partial charge in [-0.15, -0.1) is 10.2 Å². The molecule has 26 heavy (non-hydrogen) atoms. The molecule has 1 N–H and O–H groups in total. The molecule has 6 nitrogen and oxygen atoms in total. The van der Waals surface area contributed by atoms with E-state index in [1.165, 1.54) is 11.3 Å². The summed E-state index contributed by atoms with van der Waals surface area (Å²) in [6.07, 6.45) is 3.48. The Morgan fingerprint density at radius 1 is 1.42 bits per heavy atom. The van der Waals surface area contributed by atoms with Crippen LogP contribution in [0.3, 0.4) is 0 Å². The maximum absolute atomic E-state index is 12.4. The van der Waals surface area contributed by atoms with Crippen molar-refractivity contribution in [3.63, 3.8) is 0 Å². The molecule has 0 spiro atoms. The summed E-state index contributed by atoms with van der Waals surface area (Å²) in [5.41, 5.74) is 3.12. The van der Waals surface area contributed by atoms with Crippen LogP contribution in [0.15, 0.2) is 11.6 Å². The molecule has 0 aliphatic rings. The van der Waals surface area contributed by atoms with Gasteiger partial charge in [-0.05, 0) is 43.9 Å². The molecule has 0 fully saturated rings. The van der Waals surface area contributed by atoms with Crippen LogP contribution in [0, 0.1) is 31.1 Å². The minimum Gasteiger partial charge on any atom is -0.349 e. The Kier molecular flexibility index (Phi) is 6.70. The first-order chi connectivity index (χ1) is 12.3. The molecule has 0 aliphatic carbocycles. The highest BCUT2D eigenvalue weighted by molar-refractivity contribution is 7.15. The highest BCUT2D eigenvalue weighted by Gasteiger charge is 2.15. The number of nitriles is 1. The zero-order chi connectivity index (χ0) is 19.3. The monoisotopic (exact) mass is 371 g/mol. The van der Waals surface area contributed by atoms with E-state index in [0.29, 0.717) is 11.0 Å². The highest BCUT2D eigenvalue weighted by atomic mass is 32.1. The number of aryl methyl sites for hydroxylation is 1. The zero-order valence-corrected chi connectivity index (χ0v) is 16.8. The number of aromatic nitrogens is 3. The molecule has 0 atom stereocenters. The van der Waals surface area contributed by atoms with E-state index in [1.54, 1.807) is 6.08 Å². The predicted octanol–water partition coefficient (Wildman–Crippen LogP) is 4.11. The molecule has 138 valence electrons. The van der Waals surface area contributed by atoms with Gasteiger partial charge in [0, 0.05) is 24.4 Å². The van der Waals surface area contributed by atoms with Crippen molar-refractivity contribution in [2.24, 2.45) is 5.92 Å². The van der Waals surface area contributed by atoms with Crippen LogP contribution in [0.5, 0.6) is 0 Å². The van der Waals surface area contributed by atoms with Crippen molar-refractivity contribution in [3.05, 3.63) is 33.6 Å². The number of hydrogen-bond acceptors (Lipinski definition) is 5. The van der Waals surface area contributed by atoms with Crippen LogP contribution in [-0.4, -0.2) is 20.7 Å². The van der Waals surface area contributed by atoms with Crippen molar-refractivity contribution in [3.8, 4) is 6.07 Å². The largest absolute Gasteiger partial charge is 0.349 e. The number of anilines is 1. The van der Waals surface area contributed by atoms with Gasteiger partial charge in [-0.25, -0.2) is 0 Å². The molecule has 1 amide bonds. The second-order valence-corrected chi connectivity index (χ2v) is 7.76. The van der Waals surface area contributed by atoms with Gasteiger partial charge in [0.25, 0.3) is 5.91 Å². The minimum atomic E-state index is -0.458. The average molecular weight is 372 g/mol. The van der Waals surface area contributed by atoms with Gasteiger partial charge in [-0.3, -0.25) is 10.1 Å². The van der Waals surface area contributed by atoms with Crippen LogP contribution in [0.1, 0.15) is 49.2 Å². The number of carbonyl (C=O) groups excluding carboxylic acids is 1. The van der Waals surface area contributed by atoms with E-state index in [1.807, 2.05) is 26.0 Å². The molecule has 0 saturated heterocycles. The van der Waals surface area contributed by atoms with E-state index in [2.05, 4.69) is 40.9 Å². The van der Waals surface area contributed by atoms with Crippen molar-refractivity contribution < 1.29 is 4.79 Å². The van der Waals surface area contributed by atoms with Gasteiger partial charge in [0.05, 0.1) is 0 Å². The summed E-state index contributed by atoms with van der Waals surface area (Å²) in [5.74, 6) is 0.0134. The maximum Gasteiger partial charge on any atom is 0.268 e. The number of nitrogens with zero attached hydrogens (tertiary/aromatic N) is 4. The smallest absolute Gasteiger partial charge is 0.268 e. The molecule has 2 heterocycles. The normalized spacial score (nSPS) is 11.7. The fourth-order valence-electron chi connectivity index (χ4n) is 2.75. The van der Waals surface area contributed by atoms with E-state index in [-0.39, 0.29) is 5.57 Å². The summed E-state index contributed by atoms with van der Waals surface area (Å²) in [6.45, 7) is 11.3. The van der Waals surface area contributed by atoms with E-state index in [9.17, 15) is 10.1 Å². The Labute approximate surface area is 158 Å². The summed E-state index contributed by atoms with van der Waals surface area (Å²) in [4.78, 5) is 12.4.